The predicted molar refractivity (Wildman–Crippen MR) is 23.1 cm³/mol. The minimum absolute atomic E-state index is 0. The molecule has 0 aliphatic carbocycles. The molecule has 0 atom stereocenters. The Morgan fingerprint density at radius 2 is 1.57 bits per heavy atom. The summed E-state index contributed by atoms with van der Waals surface area (Å²) >= 11 is 9.73. The summed E-state index contributed by atoms with van der Waals surface area (Å²) in [4.78, 5) is 0. The summed E-state index contributed by atoms with van der Waals surface area (Å²) in [5.41, 5.74) is -0.866. The van der Waals surface area contributed by atoms with E-state index in [-0.39, 0.29) is 42.0 Å². The van der Waals surface area contributed by atoms with Crippen LogP contribution in [0.25, 0.3) is 0 Å². The van der Waals surface area contributed by atoms with E-state index in [1.54, 1.807) is 5.97 Å². The maximum Gasteiger partial charge on any atom is 1.00 e. The number of nitriles is 1. The zero-order chi connectivity index (χ0) is 4.28. The molecule has 0 bridgehead atoms. The van der Waals surface area contributed by atoms with Crippen molar-refractivity contribution in [3.63, 3.8) is 0 Å². The van der Waals surface area contributed by atoms with Crippen molar-refractivity contribution in [2.24, 2.45) is 0 Å². The van der Waals surface area contributed by atoms with Gasteiger partial charge in [-0.25, -0.2) is 5.26 Å². The molecule has 0 radical (unpaired) electrons. The summed E-state index contributed by atoms with van der Waals surface area (Å²) in [7, 11) is 0. The van der Waals surface area contributed by atoms with Gasteiger partial charge in [0.25, 0.3) is 0 Å². The quantitative estimate of drug-likeness (QED) is 0.331. The molecule has 6 heteroatoms. The van der Waals surface area contributed by atoms with Crippen molar-refractivity contribution in [2.75, 3.05) is 0 Å². The molecule has 7 heavy (non-hydrogen) atoms. The molecule has 0 aliphatic rings. The zero-order valence-corrected chi connectivity index (χ0v) is 7.93. The van der Waals surface area contributed by atoms with Crippen LogP contribution in [0.15, 0.2) is 0 Å². The minimum atomic E-state index is -0.866. The molecule has 0 amide bonds. The van der Waals surface area contributed by atoms with E-state index in [1.165, 1.54) is 0 Å². The molecule has 0 aromatic heterocycles. The molecular formula is CBCl3NNa. The van der Waals surface area contributed by atoms with Gasteiger partial charge in [0.2, 0.25) is 0 Å². The van der Waals surface area contributed by atoms with Crippen LogP contribution in [0.2, 0.25) is 0 Å². The fraction of sp³-hybridized carbons (Fsp3) is 0. The van der Waals surface area contributed by atoms with Crippen LogP contribution >= 0.6 is 22.9 Å². The third-order valence-electron chi connectivity index (χ3n) is 0.0976. The van der Waals surface area contributed by atoms with Crippen LogP contribution in [0.4, 0.5) is 0 Å². The molecule has 0 rings (SSSR count). The summed E-state index contributed by atoms with van der Waals surface area (Å²) < 4.78 is 0. The normalized spacial score (nSPS) is 4.14. The topological polar surface area (TPSA) is 23.8 Å². The monoisotopic (exact) mass is 165 g/mol. The van der Waals surface area contributed by atoms with Crippen LogP contribution < -0.4 is 42.0 Å². The van der Waals surface area contributed by atoms with Crippen molar-refractivity contribution in [3.05, 3.63) is 0 Å². The number of halogens is 3. The predicted octanol–water partition coefficient (Wildman–Crippen LogP) is -4.98. The van der Waals surface area contributed by atoms with Crippen molar-refractivity contribution < 1.29 is 42.0 Å². The Bertz CT molecular complexity index is 60.4. The average Bonchev–Trinajstić information content (AvgIpc) is 1.38. The average molecular weight is 166 g/mol. The van der Waals surface area contributed by atoms with Crippen molar-refractivity contribution in [3.8, 4) is 5.97 Å². The van der Waals surface area contributed by atoms with Gasteiger partial charge in [0.05, 0.1) is 0 Å². The number of nitrogens with zero attached hydrogens (tertiary/aromatic N) is 1. The Hall–Kier alpha value is 1.42. The van der Waals surface area contributed by atoms with Crippen LogP contribution in [-0.4, -0.2) is 5.54 Å². The molecule has 0 saturated heterocycles. The van der Waals surface area contributed by atoms with E-state index in [4.69, 9.17) is 28.2 Å². The third-order valence-corrected chi connectivity index (χ3v) is 0.293. The molecule has 0 aromatic carbocycles. The molecule has 0 spiro atoms. The van der Waals surface area contributed by atoms with E-state index >= 15 is 0 Å². The van der Waals surface area contributed by atoms with Gasteiger partial charge >= 0.3 is 35.1 Å². The number of rotatable bonds is 0. The molecule has 34 valence electrons. The van der Waals surface area contributed by atoms with Gasteiger partial charge in [0.15, 0.2) is 0 Å². The Kier molecular flexibility index (Phi) is 23.5. The Morgan fingerprint density at radius 3 is 1.57 bits per heavy atom. The second-order valence-electron chi connectivity index (χ2n) is 0.430. The molecule has 0 unspecified atom stereocenters. The zero-order valence-electron chi connectivity index (χ0n) is 3.66. The maximum atomic E-state index is 7.63. The first-order valence-electron chi connectivity index (χ1n) is 0.949. The van der Waals surface area contributed by atoms with Crippen LogP contribution in [0.1, 0.15) is 0 Å². The molecule has 0 fully saturated rings. The van der Waals surface area contributed by atoms with Crippen LogP contribution in [0.5, 0.6) is 0 Å². The third kappa shape index (κ3) is 18.6. The summed E-state index contributed by atoms with van der Waals surface area (Å²) in [6.07, 6.45) is 0. The molecule has 0 saturated carbocycles. The van der Waals surface area contributed by atoms with Gasteiger partial charge in [-0.2, -0.15) is 22.9 Å². The van der Waals surface area contributed by atoms with Crippen LogP contribution in [-0.2, 0) is 0 Å². The molecule has 0 N–H and O–H groups in total. The Balaban J connectivity index is -0.0000000800. The van der Waals surface area contributed by atoms with Gasteiger partial charge in [0, 0.05) is 5.97 Å². The maximum absolute atomic E-state index is 7.63. The first-order chi connectivity index (χ1) is 2.27. The summed E-state index contributed by atoms with van der Waals surface area (Å²) in [6, 6.07) is 0. The Morgan fingerprint density at radius 1 is 1.43 bits per heavy atom. The largest absolute Gasteiger partial charge is 1.00 e. The second-order valence-corrected chi connectivity index (χ2v) is 1.53. The fourth-order valence-electron chi connectivity index (χ4n) is 0. The smallest absolute Gasteiger partial charge is 1.00 e. The summed E-state index contributed by atoms with van der Waals surface area (Å²) in [5.74, 6) is 1.56. The van der Waals surface area contributed by atoms with Crippen molar-refractivity contribution in [1.29, 1.82) is 5.26 Å². The van der Waals surface area contributed by atoms with Crippen molar-refractivity contribution >= 4 is 28.5 Å². The van der Waals surface area contributed by atoms with Gasteiger partial charge in [0.1, 0.15) is 0 Å². The summed E-state index contributed by atoms with van der Waals surface area (Å²) in [5, 5.41) is 7.63. The van der Waals surface area contributed by atoms with Gasteiger partial charge in [-0.15, -0.1) is 0 Å². The van der Waals surface area contributed by atoms with Crippen molar-refractivity contribution in [1.82, 2.24) is 0 Å². The number of hydrogen-bond donors (Lipinski definition) is 0. The minimum Gasteiger partial charge on any atom is -1.00 e. The first-order valence-corrected chi connectivity index (χ1v) is 1.82. The van der Waals surface area contributed by atoms with Crippen LogP contribution in [0.3, 0.4) is 0 Å². The van der Waals surface area contributed by atoms with Gasteiger partial charge < -0.3 is 12.4 Å². The SMILES string of the molecule is N#CB(Cl)Cl.[Cl-].[Na+]. The van der Waals surface area contributed by atoms with Gasteiger partial charge in [-0.3, -0.25) is 0 Å². The second kappa shape index (κ2) is 10.4. The van der Waals surface area contributed by atoms with E-state index in [1.807, 2.05) is 0 Å². The van der Waals surface area contributed by atoms with E-state index in [2.05, 4.69) is 0 Å². The van der Waals surface area contributed by atoms with E-state index in [0.29, 0.717) is 0 Å². The first kappa shape index (κ1) is 15.8. The molecular weight excluding hydrogens is 166 g/mol. The molecule has 0 heterocycles. The van der Waals surface area contributed by atoms with Gasteiger partial charge in [-0.05, 0) is 0 Å². The van der Waals surface area contributed by atoms with Crippen LogP contribution in [0, 0.1) is 11.2 Å². The molecule has 1 nitrogen and oxygen atoms in total. The standard InChI is InChI=1S/CBCl2N.ClH.Na/c3-2(4)1-5;;/h;1H;/q;;+1/p-1. The van der Waals surface area contributed by atoms with E-state index < -0.39 is 5.54 Å². The van der Waals surface area contributed by atoms with E-state index in [9.17, 15) is 0 Å². The van der Waals surface area contributed by atoms with Gasteiger partial charge in [-0.1, -0.05) is 0 Å². The van der Waals surface area contributed by atoms with Crippen molar-refractivity contribution in [2.45, 2.75) is 0 Å². The molecule has 0 aliphatic heterocycles. The summed E-state index contributed by atoms with van der Waals surface area (Å²) in [6.45, 7) is 0. The number of hydrogen-bond acceptors (Lipinski definition) is 1. The molecule has 0 aromatic rings. The fourth-order valence-corrected chi connectivity index (χ4v) is 0. The Labute approximate surface area is 81.0 Å². The van der Waals surface area contributed by atoms with E-state index in [0.717, 1.165) is 0 Å².